The van der Waals surface area contributed by atoms with E-state index in [9.17, 15) is 0 Å². The van der Waals surface area contributed by atoms with Crippen molar-refractivity contribution in [3.63, 3.8) is 0 Å². The summed E-state index contributed by atoms with van der Waals surface area (Å²) in [6, 6.07) is 8.59. The molecule has 4 heteroatoms. The van der Waals surface area contributed by atoms with E-state index in [0.29, 0.717) is 0 Å². The van der Waals surface area contributed by atoms with E-state index in [4.69, 9.17) is 0 Å². The van der Waals surface area contributed by atoms with Gasteiger partial charge in [0.2, 0.25) is 0 Å². The molecule has 1 saturated carbocycles. The summed E-state index contributed by atoms with van der Waals surface area (Å²) >= 11 is 0. The Bertz CT molecular complexity index is 529. The van der Waals surface area contributed by atoms with Crippen LogP contribution in [-0.2, 0) is 6.54 Å². The minimum Gasteiger partial charge on any atom is -0.385 e. The van der Waals surface area contributed by atoms with Crippen LogP contribution in [0, 0.1) is 5.92 Å². The zero-order valence-corrected chi connectivity index (χ0v) is 12.5. The van der Waals surface area contributed by atoms with Crippen LogP contribution in [0.5, 0.6) is 0 Å². The maximum absolute atomic E-state index is 4.15. The molecule has 0 aliphatic heterocycles. The van der Waals surface area contributed by atoms with E-state index in [2.05, 4.69) is 39.7 Å². The van der Waals surface area contributed by atoms with E-state index in [-0.39, 0.29) is 0 Å². The summed E-state index contributed by atoms with van der Waals surface area (Å²) in [5.41, 5.74) is 2.46. The number of anilines is 1. The second kappa shape index (κ2) is 7.25. The molecule has 4 nitrogen and oxygen atoms in total. The van der Waals surface area contributed by atoms with Crippen LogP contribution in [0.3, 0.4) is 0 Å². The van der Waals surface area contributed by atoms with Crippen LogP contribution in [0.2, 0.25) is 0 Å². The summed E-state index contributed by atoms with van der Waals surface area (Å²) in [5.74, 6) is 0.935. The fraction of sp³-hybridized carbons (Fsp3) is 0.529. The Hall–Kier alpha value is -1.84. The highest BCUT2D eigenvalue weighted by molar-refractivity contribution is 5.45. The molecule has 1 N–H and O–H groups in total. The van der Waals surface area contributed by atoms with Gasteiger partial charge in [-0.15, -0.1) is 0 Å². The lowest BCUT2D eigenvalue weighted by atomic mass is 9.87. The second-order valence-corrected chi connectivity index (χ2v) is 6.01. The average Bonchev–Trinajstić information content (AvgIpc) is 3.02. The first-order valence-electron chi connectivity index (χ1n) is 8.05. The SMILES string of the molecule is c1cc(Cn2cncn2)cc(NCCC2CCCCC2)c1. The van der Waals surface area contributed by atoms with E-state index in [1.165, 1.54) is 49.8 Å². The summed E-state index contributed by atoms with van der Waals surface area (Å²) in [4.78, 5) is 3.98. The molecule has 3 rings (SSSR count). The van der Waals surface area contributed by atoms with Crippen molar-refractivity contribution >= 4 is 5.69 Å². The molecule has 0 unspecified atom stereocenters. The van der Waals surface area contributed by atoms with Gasteiger partial charge in [-0.05, 0) is 30.0 Å². The van der Waals surface area contributed by atoms with Crippen molar-refractivity contribution in [1.82, 2.24) is 14.8 Å². The quantitative estimate of drug-likeness (QED) is 0.879. The van der Waals surface area contributed by atoms with Crippen molar-refractivity contribution in [3.05, 3.63) is 42.5 Å². The third kappa shape index (κ3) is 4.31. The monoisotopic (exact) mass is 284 g/mol. The molecule has 2 aromatic rings. The summed E-state index contributed by atoms with van der Waals surface area (Å²) in [5, 5.41) is 7.72. The Morgan fingerprint density at radius 2 is 2.10 bits per heavy atom. The molecular weight excluding hydrogens is 260 g/mol. The molecule has 0 saturated heterocycles. The minimum absolute atomic E-state index is 0.776. The molecule has 0 bridgehead atoms. The predicted molar refractivity (Wildman–Crippen MR) is 85.2 cm³/mol. The normalized spacial score (nSPS) is 16.0. The molecule has 1 aromatic carbocycles. The van der Waals surface area contributed by atoms with E-state index in [1.807, 2.05) is 4.68 Å². The summed E-state index contributed by atoms with van der Waals surface area (Å²) in [6.45, 7) is 1.86. The fourth-order valence-electron chi connectivity index (χ4n) is 3.18. The third-order valence-corrected chi connectivity index (χ3v) is 4.34. The maximum Gasteiger partial charge on any atom is 0.137 e. The van der Waals surface area contributed by atoms with Crippen molar-refractivity contribution in [2.24, 2.45) is 5.92 Å². The Labute approximate surface area is 126 Å². The summed E-state index contributed by atoms with van der Waals surface area (Å²) in [6.07, 6.45) is 11.8. The average molecular weight is 284 g/mol. The van der Waals surface area contributed by atoms with Gasteiger partial charge in [-0.25, -0.2) is 9.67 Å². The molecule has 1 aliphatic carbocycles. The molecular formula is C17H24N4. The predicted octanol–water partition coefficient (Wildman–Crippen LogP) is 3.71. The zero-order chi connectivity index (χ0) is 14.3. The number of aromatic nitrogens is 3. The highest BCUT2D eigenvalue weighted by atomic mass is 15.3. The molecule has 21 heavy (non-hydrogen) atoms. The maximum atomic E-state index is 4.15. The van der Waals surface area contributed by atoms with E-state index in [0.717, 1.165) is 19.0 Å². The lowest BCUT2D eigenvalue weighted by Gasteiger charge is -2.21. The first kappa shape index (κ1) is 14.1. The second-order valence-electron chi connectivity index (χ2n) is 6.01. The molecule has 1 aromatic heterocycles. The van der Waals surface area contributed by atoms with Crippen LogP contribution in [-0.4, -0.2) is 21.3 Å². The zero-order valence-electron chi connectivity index (χ0n) is 12.5. The van der Waals surface area contributed by atoms with Gasteiger partial charge in [0.25, 0.3) is 0 Å². The number of rotatable bonds is 6. The number of nitrogens with zero attached hydrogens (tertiary/aromatic N) is 3. The molecule has 1 fully saturated rings. The third-order valence-electron chi connectivity index (χ3n) is 4.34. The molecule has 0 amide bonds. The van der Waals surface area contributed by atoms with Crippen molar-refractivity contribution in [1.29, 1.82) is 0 Å². The Morgan fingerprint density at radius 1 is 1.19 bits per heavy atom. The van der Waals surface area contributed by atoms with Crippen molar-refractivity contribution in [2.75, 3.05) is 11.9 Å². The molecule has 1 aliphatic rings. The lowest BCUT2D eigenvalue weighted by molar-refractivity contribution is 0.345. The Morgan fingerprint density at radius 3 is 2.90 bits per heavy atom. The van der Waals surface area contributed by atoms with Crippen LogP contribution < -0.4 is 5.32 Å². The highest BCUT2D eigenvalue weighted by Crippen LogP contribution is 2.26. The van der Waals surface area contributed by atoms with Gasteiger partial charge in [0.05, 0.1) is 6.54 Å². The van der Waals surface area contributed by atoms with Gasteiger partial charge < -0.3 is 5.32 Å². The van der Waals surface area contributed by atoms with Gasteiger partial charge in [-0.3, -0.25) is 0 Å². The standard InChI is InChI=1S/C17H24N4/c1-2-5-15(6-3-1)9-10-19-17-8-4-7-16(11-17)12-21-14-18-13-20-21/h4,7-8,11,13-15,19H,1-3,5-6,9-10,12H2. The first-order chi connectivity index (χ1) is 10.4. The van der Waals surface area contributed by atoms with Gasteiger partial charge in [0.1, 0.15) is 12.7 Å². The van der Waals surface area contributed by atoms with Gasteiger partial charge in [0, 0.05) is 12.2 Å². The largest absolute Gasteiger partial charge is 0.385 e. The molecule has 112 valence electrons. The van der Waals surface area contributed by atoms with Crippen molar-refractivity contribution < 1.29 is 0 Å². The van der Waals surface area contributed by atoms with Gasteiger partial charge in [-0.2, -0.15) is 5.10 Å². The fourth-order valence-corrected chi connectivity index (χ4v) is 3.18. The van der Waals surface area contributed by atoms with Crippen LogP contribution in [0.25, 0.3) is 0 Å². The molecule has 0 radical (unpaired) electrons. The van der Waals surface area contributed by atoms with E-state index in [1.54, 1.807) is 12.7 Å². The lowest BCUT2D eigenvalue weighted by Crippen LogP contribution is -2.12. The van der Waals surface area contributed by atoms with Crippen LogP contribution in [0.15, 0.2) is 36.9 Å². The molecule has 1 heterocycles. The summed E-state index contributed by atoms with van der Waals surface area (Å²) in [7, 11) is 0. The van der Waals surface area contributed by atoms with Gasteiger partial charge in [-0.1, -0.05) is 44.2 Å². The first-order valence-corrected chi connectivity index (χ1v) is 8.05. The van der Waals surface area contributed by atoms with Crippen LogP contribution >= 0.6 is 0 Å². The smallest absolute Gasteiger partial charge is 0.137 e. The molecule has 0 spiro atoms. The van der Waals surface area contributed by atoms with Crippen molar-refractivity contribution in [2.45, 2.75) is 45.1 Å². The van der Waals surface area contributed by atoms with E-state index >= 15 is 0 Å². The number of hydrogen-bond acceptors (Lipinski definition) is 3. The van der Waals surface area contributed by atoms with Crippen molar-refractivity contribution in [3.8, 4) is 0 Å². The minimum atomic E-state index is 0.776. The number of nitrogens with one attached hydrogen (secondary N) is 1. The number of hydrogen-bond donors (Lipinski definition) is 1. The van der Waals surface area contributed by atoms with Gasteiger partial charge in [0.15, 0.2) is 0 Å². The highest BCUT2D eigenvalue weighted by Gasteiger charge is 2.12. The topological polar surface area (TPSA) is 42.7 Å². The Kier molecular flexibility index (Phi) is 4.87. The summed E-state index contributed by atoms with van der Waals surface area (Å²) < 4.78 is 1.85. The van der Waals surface area contributed by atoms with Crippen LogP contribution in [0.4, 0.5) is 5.69 Å². The van der Waals surface area contributed by atoms with E-state index < -0.39 is 0 Å². The molecule has 0 atom stereocenters. The van der Waals surface area contributed by atoms with Crippen LogP contribution in [0.1, 0.15) is 44.1 Å². The van der Waals surface area contributed by atoms with Gasteiger partial charge >= 0.3 is 0 Å². The Balaban J connectivity index is 1.48. The number of benzene rings is 1.